The van der Waals surface area contributed by atoms with Crippen LogP contribution in [0, 0.1) is 5.82 Å². The minimum atomic E-state index is -4.55. The standard InChI is InChI=1S/C25H23F4NO4/c1-15(30)20-6-4-7-21(24(20)26)18-9-16(10-19(11-18)34-14-25(27,28)29)13-33-22-8-3-2-5-17(22)12-23(31)32/h2-11,15H,12-14,30H2,1H3,(H,31,32)/t15-/m1/s1. The van der Waals surface area contributed by atoms with E-state index in [0.29, 0.717) is 16.9 Å². The zero-order chi connectivity index (χ0) is 24.9. The van der Waals surface area contributed by atoms with Crippen LogP contribution in [0.5, 0.6) is 11.5 Å². The molecule has 0 aliphatic rings. The molecule has 3 aromatic rings. The summed E-state index contributed by atoms with van der Waals surface area (Å²) < 4.78 is 63.9. The van der Waals surface area contributed by atoms with E-state index < -0.39 is 30.6 Å². The van der Waals surface area contributed by atoms with E-state index in [1.165, 1.54) is 24.3 Å². The first kappa shape index (κ1) is 25.0. The van der Waals surface area contributed by atoms with E-state index in [2.05, 4.69) is 0 Å². The molecular formula is C25H23F4NO4. The van der Waals surface area contributed by atoms with Gasteiger partial charge in [0.25, 0.3) is 0 Å². The van der Waals surface area contributed by atoms with Crippen molar-refractivity contribution >= 4 is 5.97 Å². The number of aliphatic carboxylic acids is 1. The molecule has 0 saturated carbocycles. The molecule has 0 heterocycles. The molecule has 3 rings (SSSR count). The van der Waals surface area contributed by atoms with E-state index in [4.69, 9.17) is 20.3 Å². The Morgan fingerprint density at radius 3 is 2.47 bits per heavy atom. The molecule has 9 heteroatoms. The molecular weight excluding hydrogens is 454 g/mol. The summed E-state index contributed by atoms with van der Waals surface area (Å²) in [7, 11) is 0. The van der Waals surface area contributed by atoms with Gasteiger partial charge >= 0.3 is 12.1 Å². The van der Waals surface area contributed by atoms with Crippen molar-refractivity contribution in [1.29, 1.82) is 0 Å². The summed E-state index contributed by atoms with van der Waals surface area (Å²) >= 11 is 0. The van der Waals surface area contributed by atoms with Crippen molar-refractivity contribution in [3.8, 4) is 22.6 Å². The molecule has 1 atom stereocenters. The molecule has 0 aliphatic heterocycles. The summed E-state index contributed by atoms with van der Waals surface area (Å²) in [5, 5.41) is 9.08. The van der Waals surface area contributed by atoms with E-state index in [1.54, 1.807) is 43.3 Å². The number of carboxylic acid groups (broad SMARTS) is 1. The summed E-state index contributed by atoms with van der Waals surface area (Å²) in [6.07, 6.45) is -4.81. The highest BCUT2D eigenvalue weighted by Crippen LogP contribution is 2.32. The highest BCUT2D eigenvalue weighted by atomic mass is 19.4. The second kappa shape index (κ2) is 10.6. The Morgan fingerprint density at radius 1 is 1.06 bits per heavy atom. The maximum atomic E-state index is 15.1. The van der Waals surface area contributed by atoms with Gasteiger partial charge in [0.2, 0.25) is 0 Å². The number of carboxylic acids is 1. The van der Waals surface area contributed by atoms with Crippen molar-refractivity contribution in [2.45, 2.75) is 32.2 Å². The van der Waals surface area contributed by atoms with Crippen LogP contribution in [0.4, 0.5) is 17.6 Å². The van der Waals surface area contributed by atoms with Gasteiger partial charge in [0.05, 0.1) is 6.42 Å². The maximum absolute atomic E-state index is 15.1. The number of rotatable bonds is 9. The monoisotopic (exact) mass is 477 g/mol. The van der Waals surface area contributed by atoms with Crippen LogP contribution in [0.2, 0.25) is 0 Å². The van der Waals surface area contributed by atoms with Crippen molar-refractivity contribution in [3.05, 3.63) is 83.2 Å². The maximum Gasteiger partial charge on any atom is 0.422 e. The molecule has 0 aliphatic carbocycles. The van der Waals surface area contributed by atoms with E-state index >= 15 is 4.39 Å². The van der Waals surface area contributed by atoms with Crippen LogP contribution in [0.25, 0.3) is 11.1 Å². The second-order valence-corrected chi connectivity index (χ2v) is 7.73. The Hall–Kier alpha value is -3.59. The van der Waals surface area contributed by atoms with Gasteiger partial charge in [-0.1, -0.05) is 36.4 Å². The summed E-state index contributed by atoms with van der Waals surface area (Å²) in [5.74, 6) is -1.41. The van der Waals surface area contributed by atoms with Gasteiger partial charge in [0.15, 0.2) is 6.61 Å². The van der Waals surface area contributed by atoms with E-state index in [-0.39, 0.29) is 35.5 Å². The molecule has 0 fully saturated rings. The third-order valence-corrected chi connectivity index (χ3v) is 4.91. The topological polar surface area (TPSA) is 81.8 Å². The third-order valence-electron chi connectivity index (χ3n) is 4.91. The van der Waals surface area contributed by atoms with Crippen molar-refractivity contribution in [2.75, 3.05) is 6.61 Å². The van der Waals surface area contributed by atoms with Crippen molar-refractivity contribution < 1.29 is 36.9 Å². The summed E-state index contributed by atoms with van der Waals surface area (Å²) in [6.45, 7) is 0.000893. The van der Waals surface area contributed by atoms with Gasteiger partial charge in [-0.3, -0.25) is 4.79 Å². The number of benzene rings is 3. The average molecular weight is 477 g/mol. The lowest BCUT2D eigenvalue weighted by atomic mass is 9.97. The quantitative estimate of drug-likeness (QED) is 0.389. The molecule has 180 valence electrons. The SMILES string of the molecule is C[C@@H](N)c1cccc(-c2cc(COc3ccccc3CC(=O)O)cc(OCC(F)(F)F)c2)c1F. The number of carbonyl (C=O) groups is 1. The van der Waals surface area contributed by atoms with Crippen LogP contribution in [0.3, 0.4) is 0 Å². The zero-order valence-electron chi connectivity index (χ0n) is 18.2. The van der Waals surface area contributed by atoms with Crippen LogP contribution in [-0.2, 0) is 17.8 Å². The van der Waals surface area contributed by atoms with Crippen LogP contribution in [0.15, 0.2) is 60.7 Å². The van der Waals surface area contributed by atoms with E-state index in [9.17, 15) is 18.0 Å². The molecule has 3 aromatic carbocycles. The van der Waals surface area contributed by atoms with Crippen LogP contribution in [0.1, 0.15) is 29.7 Å². The first-order chi connectivity index (χ1) is 16.0. The molecule has 0 radical (unpaired) electrons. The highest BCUT2D eigenvalue weighted by Gasteiger charge is 2.28. The first-order valence-electron chi connectivity index (χ1n) is 10.3. The Labute approximate surface area is 193 Å². The zero-order valence-corrected chi connectivity index (χ0v) is 18.2. The van der Waals surface area contributed by atoms with Crippen LogP contribution < -0.4 is 15.2 Å². The van der Waals surface area contributed by atoms with Gasteiger partial charge in [-0.25, -0.2) is 4.39 Å². The number of nitrogens with two attached hydrogens (primary N) is 1. The van der Waals surface area contributed by atoms with Crippen LogP contribution in [-0.4, -0.2) is 23.9 Å². The smallest absolute Gasteiger partial charge is 0.422 e. The molecule has 0 bridgehead atoms. The lowest BCUT2D eigenvalue weighted by Gasteiger charge is -2.16. The fourth-order valence-corrected chi connectivity index (χ4v) is 3.39. The number of hydrogen-bond donors (Lipinski definition) is 2. The molecule has 5 nitrogen and oxygen atoms in total. The second-order valence-electron chi connectivity index (χ2n) is 7.73. The van der Waals surface area contributed by atoms with Crippen molar-refractivity contribution in [1.82, 2.24) is 0 Å². The van der Waals surface area contributed by atoms with Gasteiger partial charge in [-0.15, -0.1) is 0 Å². The Balaban J connectivity index is 1.96. The fraction of sp³-hybridized carbons (Fsp3) is 0.240. The van der Waals surface area contributed by atoms with Crippen molar-refractivity contribution in [3.63, 3.8) is 0 Å². The molecule has 3 N–H and O–H groups in total. The molecule has 0 spiro atoms. The normalized spacial score (nSPS) is 12.3. The number of alkyl halides is 3. The van der Waals surface area contributed by atoms with Gasteiger partial charge in [0.1, 0.15) is 23.9 Å². The molecule has 0 unspecified atom stereocenters. The van der Waals surface area contributed by atoms with E-state index in [0.717, 1.165) is 0 Å². The summed E-state index contributed by atoms with van der Waals surface area (Å²) in [5.41, 5.74) is 7.38. The first-order valence-corrected chi connectivity index (χ1v) is 10.3. The number of para-hydroxylation sites is 1. The number of halogens is 4. The minimum absolute atomic E-state index is 0.110. The molecule has 0 aromatic heterocycles. The largest absolute Gasteiger partial charge is 0.489 e. The molecule has 0 amide bonds. The van der Waals surface area contributed by atoms with Crippen molar-refractivity contribution in [2.24, 2.45) is 5.73 Å². The molecule has 0 saturated heterocycles. The number of hydrogen-bond acceptors (Lipinski definition) is 4. The molecule has 34 heavy (non-hydrogen) atoms. The predicted octanol–water partition coefficient (Wildman–Crippen LogP) is 5.66. The number of ether oxygens (including phenoxy) is 2. The lowest BCUT2D eigenvalue weighted by molar-refractivity contribution is -0.153. The van der Waals surface area contributed by atoms with Gasteiger partial charge in [0, 0.05) is 22.7 Å². The lowest BCUT2D eigenvalue weighted by Crippen LogP contribution is -2.19. The van der Waals surface area contributed by atoms with Crippen LogP contribution >= 0.6 is 0 Å². The predicted molar refractivity (Wildman–Crippen MR) is 118 cm³/mol. The minimum Gasteiger partial charge on any atom is -0.489 e. The van der Waals surface area contributed by atoms with Gasteiger partial charge in [-0.05, 0) is 42.3 Å². The summed E-state index contributed by atoms with van der Waals surface area (Å²) in [6, 6.07) is 14.8. The Bertz CT molecular complexity index is 1160. The fourth-order valence-electron chi connectivity index (χ4n) is 3.39. The average Bonchev–Trinajstić information content (AvgIpc) is 2.76. The Morgan fingerprint density at radius 2 is 1.79 bits per heavy atom. The van der Waals surface area contributed by atoms with Gasteiger partial charge < -0.3 is 20.3 Å². The third kappa shape index (κ3) is 6.71. The van der Waals surface area contributed by atoms with E-state index in [1.807, 2.05) is 0 Å². The van der Waals surface area contributed by atoms with Gasteiger partial charge in [-0.2, -0.15) is 13.2 Å². The highest BCUT2D eigenvalue weighted by molar-refractivity contribution is 5.71. The Kier molecular flexibility index (Phi) is 7.78. The summed E-state index contributed by atoms with van der Waals surface area (Å²) in [4.78, 5) is 11.1.